The summed E-state index contributed by atoms with van der Waals surface area (Å²) in [5.74, 6) is 0.521. The van der Waals surface area contributed by atoms with Crippen LogP contribution in [-0.4, -0.2) is 73.9 Å². The maximum Gasteiger partial charge on any atom is 0.243 e. The Balaban J connectivity index is 1.37. The van der Waals surface area contributed by atoms with Gasteiger partial charge in [-0.05, 0) is 51.0 Å². The maximum atomic E-state index is 12.9. The highest BCUT2D eigenvalue weighted by Crippen LogP contribution is 2.38. The molecule has 2 atom stereocenters. The normalized spacial score (nSPS) is 29.5. The van der Waals surface area contributed by atoms with Gasteiger partial charge in [-0.1, -0.05) is 25.1 Å². The first-order valence-corrected chi connectivity index (χ1v) is 11.1. The Morgan fingerprint density at radius 2 is 1.76 bits per heavy atom. The van der Waals surface area contributed by atoms with Crippen LogP contribution in [-0.2, 0) is 10.0 Å². The minimum Gasteiger partial charge on any atom is -0.303 e. The van der Waals surface area contributed by atoms with Gasteiger partial charge < -0.3 is 4.90 Å². The second-order valence-electron chi connectivity index (χ2n) is 7.73. The molecule has 1 aromatic carbocycles. The van der Waals surface area contributed by atoms with Gasteiger partial charge in [0.2, 0.25) is 10.0 Å². The van der Waals surface area contributed by atoms with Crippen molar-refractivity contribution in [3.63, 3.8) is 0 Å². The molecule has 5 nitrogen and oxygen atoms in total. The number of nitrogens with zero attached hydrogens (tertiary/aromatic N) is 3. The third kappa shape index (κ3) is 3.25. The topological polar surface area (TPSA) is 43.9 Å². The van der Waals surface area contributed by atoms with E-state index in [2.05, 4.69) is 16.7 Å². The van der Waals surface area contributed by atoms with Crippen LogP contribution in [0.25, 0.3) is 0 Å². The van der Waals surface area contributed by atoms with Crippen molar-refractivity contribution < 1.29 is 8.42 Å². The molecule has 6 heteroatoms. The van der Waals surface area contributed by atoms with Crippen molar-refractivity contribution in [2.45, 2.75) is 43.2 Å². The first kappa shape index (κ1) is 17.5. The van der Waals surface area contributed by atoms with Gasteiger partial charge in [-0.15, -0.1) is 0 Å². The van der Waals surface area contributed by atoms with Gasteiger partial charge in [0, 0.05) is 37.6 Å². The third-order valence-corrected chi connectivity index (χ3v) is 8.04. The summed E-state index contributed by atoms with van der Waals surface area (Å²) in [7, 11) is -3.34. The summed E-state index contributed by atoms with van der Waals surface area (Å²) in [6.07, 6.45) is 3.69. The molecule has 3 aliphatic rings. The van der Waals surface area contributed by atoms with Crippen LogP contribution in [0.5, 0.6) is 0 Å². The number of fused-ring (bicyclic) bond motifs is 1. The summed E-state index contributed by atoms with van der Waals surface area (Å²) in [5.41, 5.74) is 0. The fraction of sp³-hybridized carbons (Fsp3) is 0.684. The zero-order valence-electron chi connectivity index (χ0n) is 15.0. The van der Waals surface area contributed by atoms with E-state index in [1.54, 1.807) is 28.6 Å². The van der Waals surface area contributed by atoms with Crippen molar-refractivity contribution in [3.05, 3.63) is 30.3 Å². The number of sulfonamides is 1. The Hall–Kier alpha value is -0.950. The third-order valence-electron chi connectivity index (χ3n) is 6.19. The summed E-state index contributed by atoms with van der Waals surface area (Å²) >= 11 is 0. The maximum absolute atomic E-state index is 12.9. The van der Waals surface area contributed by atoms with Gasteiger partial charge in [-0.2, -0.15) is 4.31 Å². The molecule has 0 saturated carbocycles. The lowest BCUT2D eigenvalue weighted by Crippen LogP contribution is -2.61. The molecule has 1 aromatic rings. The van der Waals surface area contributed by atoms with E-state index in [1.807, 2.05) is 6.07 Å². The van der Waals surface area contributed by atoms with Crippen molar-refractivity contribution in [1.29, 1.82) is 0 Å². The highest BCUT2D eigenvalue weighted by atomic mass is 32.2. The van der Waals surface area contributed by atoms with Crippen molar-refractivity contribution in [3.8, 4) is 0 Å². The van der Waals surface area contributed by atoms with Crippen molar-refractivity contribution in [2.75, 3.05) is 39.3 Å². The Labute approximate surface area is 151 Å². The predicted octanol–water partition coefficient (Wildman–Crippen LogP) is 1.87. The van der Waals surface area contributed by atoms with Crippen LogP contribution in [0.1, 0.15) is 26.2 Å². The van der Waals surface area contributed by atoms with Crippen LogP contribution in [0, 0.1) is 5.92 Å². The number of piperidine rings is 1. The van der Waals surface area contributed by atoms with Crippen LogP contribution in [0.15, 0.2) is 35.2 Å². The number of likely N-dealkylation sites (tertiary alicyclic amines) is 2. The molecule has 3 aliphatic heterocycles. The van der Waals surface area contributed by atoms with Gasteiger partial charge in [-0.3, -0.25) is 4.90 Å². The molecule has 0 unspecified atom stereocenters. The minimum absolute atomic E-state index is 0.427. The molecule has 0 N–H and O–H groups in total. The number of hydrogen-bond acceptors (Lipinski definition) is 4. The van der Waals surface area contributed by atoms with Gasteiger partial charge in [0.15, 0.2) is 0 Å². The molecule has 0 spiro atoms. The van der Waals surface area contributed by atoms with Gasteiger partial charge >= 0.3 is 0 Å². The lowest BCUT2D eigenvalue weighted by Gasteiger charge is -2.50. The Kier molecular flexibility index (Phi) is 4.88. The second kappa shape index (κ2) is 6.99. The van der Waals surface area contributed by atoms with E-state index in [-0.39, 0.29) is 0 Å². The molecule has 3 saturated heterocycles. The molecule has 0 radical (unpaired) electrons. The minimum atomic E-state index is -3.34. The van der Waals surface area contributed by atoms with E-state index in [9.17, 15) is 8.42 Å². The summed E-state index contributed by atoms with van der Waals surface area (Å²) < 4.78 is 27.4. The van der Waals surface area contributed by atoms with E-state index >= 15 is 0 Å². The summed E-state index contributed by atoms with van der Waals surface area (Å²) in [6.45, 7) is 8.26. The summed E-state index contributed by atoms with van der Waals surface area (Å²) in [6, 6.07) is 9.95. The van der Waals surface area contributed by atoms with Crippen LogP contribution in [0.3, 0.4) is 0 Å². The van der Waals surface area contributed by atoms with Crippen LogP contribution in [0.2, 0.25) is 0 Å². The van der Waals surface area contributed by atoms with E-state index < -0.39 is 10.0 Å². The van der Waals surface area contributed by atoms with Gasteiger partial charge in [-0.25, -0.2) is 8.42 Å². The molecule has 0 aliphatic carbocycles. The van der Waals surface area contributed by atoms with Crippen molar-refractivity contribution >= 4 is 10.0 Å². The Morgan fingerprint density at radius 3 is 2.44 bits per heavy atom. The van der Waals surface area contributed by atoms with Gasteiger partial charge in [0.05, 0.1) is 4.90 Å². The van der Waals surface area contributed by atoms with E-state index in [0.717, 1.165) is 6.54 Å². The van der Waals surface area contributed by atoms with E-state index in [4.69, 9.17) is 0 Å². The fourth-order valence-electron chi connectivity index (χ4n) is 4.79. The van der Waals surface area contributed by atoms with Crippen LogP contribution in [0.4, 0.5) is 0 Å². The van der Waals surface area contributed by atoms with Crippen molar-refractivity contribution in [1.82, 2.24) is 14.1 Å². The lowest BCUT2D eigenvalue weighted by molar-refractivity contribution is -0.0168. The van der Waals surface area contributed by atoms with E-state index in [0.29, 0.717) is 36.0 Å². The molecule has 0 amide bonds. The molecule has 0 aromatic heterocycles. The zero-order chi connectivity index (χ0) is 17.4. The highest BCUT2D eigenvalue weighted by Gasteiger charge is 2.51. The van der Waals surface area contributed by atoms with Crippen molar-refractivity contribution in [2.24, 2.45) is 5.92 Å². The standard InChI is InChI=1S/C19H29N3O2S/c1-2-10-20-11-8-17(9-12-20)22-14-16-13-21(15-19(16)22)25(23,24)18-6-4-3-5-7-18/h3-7,16-17,19H,2,8-15H2,1H3/t16-,19+/m0/s1. The first-order chi connectivity index (χ1) is 12.1. The Morgan fingerprint density at radius 1 is 1.04 bits per heavy atom. The van der Waals surface area contributed by atoms with E-state index in [1.165, 1.54) is 38.9 Å². The van der Waals surface area contributed by atoms with Crippen LogP contribution < -0.4 is 0 Å². The lowest BCUT2D eigenvalue weighted by atomic mass is 9.87. The average molecular weight is 364 g/mol. The smallest absolute Gasteiger partial charge is 0.243 e. The molecule has 4 rings (SSSR count). The summed E-state index contributed by atoms with van der Waals surface area (Å²) in [4.78, 5) is 5.58. The SMILES string of the molecule is CCCN1CCC(N2C[C@@H]3CN(S(=O)(=O)c4ccccc4)C[C@H]32)CC1. The number of hydrogen-bond donors (Lipinski definition) is 0. The predicted molar refractivity (Wildman–Crippen MR) is 98.9 cm³/mol. The summed E-state index contributed by atoms with van der Waals surface area (Å²) in [5, 5.41) is 0. The largest absolute Gasteiger partial charge is 0.303 e. The fourth-order valence-corrected chi connectivity index (χ4v) is 6.32. The Bertz CT molecular complexity index is 686. The highest BCUT2D eigenvalue weighted by molar-refractivity contribution is 7.89. The zero-order valence-corrected chi connectivity index (χ0v) is 15.9. The number of rotatable bonds is 5. The average Bonchev–Trinajstić information content (AvgIpc) is 2.95. The molecular weight excluding hydrogens is 334 g/mol. The number of benzene rings is 1. The second-order valence-corrected chi connectivity index (χ2v) is 9.67. The molecule has 3 heterocycles. The molecule has 3 fully saturated rings. The van der Waals surface area contributed by atoms with Crippen LogP contribution >= 0.6 is 0 Å². The molecular formula is C19H29N3O2S. The quantitative estimate of drug-likeness (QED) is 0.801. The first-order valence-electron chi connectivity index (χ1n) is 9.63. The van der Waals surface area contributed by atoms with Gasteiger partial charge in [0.25, 0.3) is 0 Å². The molecule has 0 bridgehead atoms. The monoisotopic (exact) mass is 363 g/mol. The molecule has 138 valence electrons. The molecule has 25 heavy (non-hydrogen) atoms. The van der Waals surface area contributed by atoms with Gasteiger partial charge in [0.1, 0.15) is 0 Å².